The topological polar surface area (TPSA) is 24.9 Å². The summed E-state index contributed by atoms with van der Waals surface area (Å²) >= 11 is 0. The van der Waals surface area contributed by atoms with Gasteiger partial charge in [-0.2, -0.15) is 0 Å². The van der Waals surface area contributed by atoms with Crippen LogP contribution < -0.4 is 5.32 Å². The van der Waals surface area contributed by atoms with E-state index >= 15 is 0 Å². The van der Waals surface area contributed by atoms with Crippen LogP contribution in [-0.2, 0) is 0 Å². The standard InChI is InChI=1S/C11H16N2/c1-3-4-8-13-10(2)11-6-5-7-12-9-11/h3,5-7,9-10,13H,1,4,8H2,2H3. The van der Waals surface area contributed by atoms with Crippen LogP contribution in [0.1, 0.15) is 24.9 Å². The van der Waals surface area contributed by atoms with Crippen LogP contribution in [0.5, 0.6) is 0 Å². The van der Waals surface area contributed by atoms with Crippen molar-refractivity contribution in [2.75, 3.05) is 6.54 Å². The van der Waals surface area contributed by atoms with Gasteiger partial charge >= 0.3 is 0 Å². The number of hydrogen-bond acceptors (Lipinski definition) is 2. The minimum atomic E-state index is 0.369. The van der Waals surface area contributed by atoms with E-state index in [-0.39, 0.29) is 0 Å². The van der Waals surface area contributed by atoms with E-state index in [1.165, 1.54) is 5.56 Å². The summed E-state index contributed by atoms with van der Waals surface area (Å²) in [5.74, 6) is 0. The molecule has 0 aromatic carbocycles. The number of hydrogen-bond donors (Lipinski definition) is 1. The van der Waals surface area contributed by atoms with E-state index in [2.05, 4.69) is 29.9 Å². The van der Waals surface area contributed by atoms with Crippen molar-refractivity contribution >= 4 is 0 Å². The zero-order valence-corrected chi connectivity index (χ0v) is 8.03. The molecule has 0 amide bonds. The van der Waals surface area contributed by atoms with Gasteiger partial charge in [0.2, 0.25) is 0 Å². The first kappa shape index (κ1) is 9.93. The van der Waals surface area contributed by atoms with Gasteiger partial charge in [0, 0.05) is 18.4 Å². The molecule has 1 N–H and O–H groups in total. The zero-order valence-electron chi connectivity index (χ0n) is 8.03. The molecular weight excluding hydrogens is 160 g/mol. The van der Waals surface area contributed by atoms with Crippen molar-refractivity contribution in [1.82, 2.24) is 10.3 Å². The van der Waals surface area contributed by atoms with Crippen molar-refractivity contribution in [3.63, 3.8) is 0 Å². The third-order valence-electron chi connectivity index (χ3n) is 1.98. The van der Waals surface area contributed by atoms with Crippen LogP contribution >= 0.6 is 0 Å². The molecule has 0 aliphatic heterocycles. The van der Waals surface area contributed by atoms with E-state index in [0.29, 0.717) is 6.04 Å². The Morgan fingerprint density at radius 3 is 3.15 bits per heavy atom. The lowest BCUT2D eigenvalue weighted by molar-refractivity contribution is 0.579. The van der Waals surface area contributed by atoms with Crippen LogP contribution in [0, 0.1) is 0 Å². The van der Waals surface area contributed by atoms with Gasteiger partial charge in [0.25, 0.3) is 0 Å². The summed E-state index contributed by atoms with van der Waals surface area (Å²) in [7, 11) is 0. The molecule has 2 heteroatoms. The average molecular weight is 176 g/mol. The van der Waals surface area contributed by atoms with Crippen molar-refractivity contribution < 1.29 is 0 Å². The summed E-state index contributed by atoms with van der Waals surface area (Å²) in [5.41, 5.74) is 1.23. The van der Waals surface area contributed by atoms with Crippen molar-refractivity contribution in [2.24, 2.45) is 0 Å². The van der Waals surface area contributed by atoms with Gasteiger partial charge in [-0.15, -0.1) is 6.58 Å². The summed E-state index contributed by atoms with van der Waals surface area (Å²) in [6, 6.07) is 4.41. The van der Waals surface area contributed by atoms with Gasteiger partial charge < -0.3 is 5.32 Å². The van der Waals surface area contributed by atoms with Crippen LogP contribution in [0.2, 0.25) is 0 Å². The number of rotatable bonds is 5. The van der Waals surface area contributed by atoms with Crippen LogP contribution in [0.4, 0.5) is 0 Å². The maximum Gasteiger partial charge on any atom is 0.0315 e. The first-order valence-corrected chi connectivity index (χ1v) is 4.59. The highest BCUT2D eigenvalue weighted by atomic mass is 14.9. The molecule has 1 unspecified atom stereocenters. The van der Waals surface area contributed by atoms with E-state index in [1.807, 2.05) is 18.3 Å². The second-order valence-electron chi connectivity index (χ2n) is 3.04. The Morgan fingerprint density at radius 2 is 2.54 bits per heavy atom. The molecule has 1 heterocycles. The van der Waals surface area contributed by atoms with Gasteiger partial charge in [-0.25, -0.2) is 0 Å². The second-order valence-corrected chi connectivity index (χ2v) is 3.04. The lowest BCUT2D eigenvalue weighted by atomic mass is 10.1. The molecule has 2 nitrogen and oxygen atoms in total. The Morgan fingerprint density at radius 1 is 1.69 bits per heavy atom. The maximum atomic E-state index is 4.07. The highest BCUT2D eigenvalue weighted by Crippen LogP contribution is 2.08. The molecule has 0 aliphatic carbocycles. The van der Waals surface area contributed by atoms with Crippen LogP contribution in [0.3, 0.4) is 0 Å². The predicted octanol–water partition coefficient (Wildman–Crippen LogP) is 2.31. The molecule has 0 aliphatic rings. The monoisotopic (exact) mass is 176 g/mol. The molecule has 0 saturated heterocycles. The van der Waals surface area contributed by atoms with E-state index in [9.17, 15) is 0 Å². The Hall–Kier alpha value is -1.15. The Kier molecular flexibility index (Phi) is 4.19. The second kappa shape index (κ2) is 5.49. The summed E-state index contributed by atoms with van der Waals surface area (Å²) in [6.45, 7) is 6.79. The molecule has 0 spiro atoms. The molecule has 0 saturated carbocycles. The fraction of sp³-hybridized carbons (Fsp3) is 0.364. The van der Waals surface area contributed by atoms with E-state index in [1.54, 1.807) is 6.20 Å². The van der Waals surface area contributed by atoms with Crippen molar-refractivity contribution in [1.29, 1.82) is 0 Å². The minimum Gasteiger partial charge on any atom is -0.310 e. The Bertz CT molecular complexity index is 244. The van der Waals surface area contributed by atoms with Gasteiger partial charge in [0.05, 0.1) is 0 Å². The zero-order chi connectivity index (χ0) is 9.52. The predicted molar refractivity (Wildman–Crippen MR) is 55.5 cm³/mol. The van der Waals surface area contributed by atoms with E-state index in [4.69, 9.17) is 0 Å². The van der Waals surface area contributed by atoms with Gasteiger partial charge in [-0.05, 0) is 31.5 Å². The minimum absolute atomic E-state index is 0.369. The molecule has 0 bridgehead atoms. The molecule has 1 rings (SSSR count). The van der Waals surface area contributed by atoms with Crippen molar-refractivity contribution in [2.45, 2.75) is 19.4 Å². The third kappa shape index (κ3) is 3.38. The smallest absolute Gasteiger partial charge is 0.0315 e. The molecule has 1 aromatic rings. The quantitative estimate of drug-likeness (QED) is 0.550. The third-order valence-corrected chi connectivity index (χ3v) is 1.98. The molecule has 1 atom stereocenters. The Balaban J connectivity index is 2.39. The van der Waals surface area contributed by atoms with Crippen LogP contribution in [0.25, 0.3) is 0 Å². The number of pyridine rings is 1. The fourth-order valence-corrected chi connectivity index (χ4v) is 1.15. The number of nitrogens with one attached hydrogen (secondary N) is 1. The first-order valence-electron chi connectivity index (χ1n) is 4.59. The van der Waals surface area contributed by atoms with Crippen molar-refractivity contribution in [3.8, 4) is 0 Å². The summed E-state index contributed by atoms with van der Waals surface area (Å²) < 4.78 is 0. The molecular formula is C11H16N2. The average Bonchev–Trinajstić information content (AvgIpc) is 2.19. The molecule has 13 heavy (non-hydrogen) atoms. The lowest BCUT2D eigenvalue weighted by Gasteiger charge is -2.12. The SMILES string of the molecule is C=CCCNC(C)c1cccnc1. The van der Waals surface area contributed by atoms with Crippen molar-refractivity contribution in [3.05, 3.63) is 42.7 Å². The number of aromatic nitrogens is 1. The Labute approximate surface area is 79.7 Å². The molecule has 0 fully saturated rings. The maximum absolute atomic E-state index is 4.07. The van der Waals surface area contributed by atoms with Gasteiger partial charge in [-0.3, -0.25) is 4.98 Å². The van der Waals surface area contributed by atoms with Crippen LogP contribution in [-0.4, -0.2) is 11.5 Å². The van der Waals surface area contributed by atoms with Gasteiger partial charge in [0.15, 0.2) is 0 Å². The summed E-state index contributed by atoms with van der Waals surface area (Å²) in [6.07, 6.45) is 6.61. The van der Waals surface area contributed by atoms with E-state index < -0.39 is 0 Å². The van der Waals surface area contributed by atoms with Gasteiger partial charge in [-0.1, -0.05) is 12.1 Å². The normalized spacial score (nSPS) is 12.4. The van der Waals surface area contributed by atoms with Crippen LogP contribution in [0.15, 0.2) is 37.2 Å². The number of nitrogens with zero attached hydrogens (tertiary/aromatic N) is 1. The summed E-state index contributed by atoms with van der Waals surface area (Å²) in [5, 5.41) is 3.39. The van der Waals surface area contributed by atoms with Gasteiger partial charge in [0.1, 0.15) is 0 Å². The van der Waals surface area contributed by atoms with E-state index in [0.717, 1.165) is 13.0 Å². The molecule has 1 aromatic heterocycles. The largest absolute Gasteiger partial charge is 0.310 e. The highest BCUT2D eigenvalue weighted by Gasteiger charge is 2.01. The highest BCUT2D eigenvalue weighted by molar-refractivity contribution is 5.12. The summed E-state index contributed by atoms with van der Waals surface area (Å²) in [4.78, 5) is 4.07. The molecule has 0 radical (unpaired) electrons. The molecule has 70 valence electrons. The first-order chi connectivity index (χ1) is 6.34. The fourth-order valence-electron chi connectivity index (χ4n) is 1.15. The lowest BCUT2D eigenvalue weighted by Crippen LogP contribution is -2.19.